The van der Waals surface area contributed by atoms with Crippen LogP contribution in [0.3, 0.4) is 0 Å². The molecule has 0 radical (unpaired) electrons. The second-order valence-electron chi connectivity index (χ2n) is 7.34. The van der Waals surface area contributed by atoms with Crippen LogP contribution in [0.4, 0.5) is 0 Å². The minimum Gasteiger partial charge on any atom is -0.485 e. The molecule has 1 heterocycles. The second-order valence-corrected chi connectivity index (χ2v) is 8.94. The first-order chi connectivity index (χ1) is 14.1. The predicted octanol–water partition coefficient (Wildman–Crippen LogP) is 2.63. The lowest BCUT2D eigenvalue weighted by atomic mass is 9.85. The molecule has 1 N–H and O–H groups in total. The molecule has 0 aromatic heterocycles. The molecule has 2 aromatic carbocycles. The minimum absolute atomic E-state index is 0.246. The zero-order valence-electron chi connectivity index (χ0n) is 16.7. The fourth-order valence-corrected chi connectivity index (χ4v) is 4.07. The van der Waals surface area contributed by atoms with Crippen molar-refractivity contribution in [3.8, 4) is 18.0 Å². The Kier molecular flexibility index (Phi) is 5.79. The highest BCUT2D eigenvalue weighted by Gasteiger charge is 2.47. The van der Waals surface area contributed by atoms with E-state index in [1.165, 1.54) is 0 Å². The summed E-state index contributed by atoms with van der Waals surface area (Å²) >= 11 is 0. The zero-order chi connectivity index (χ0) is 21.9. The van der Waals surface area contributed by atoms with Crippen LogP contribution in [0, 0.1) is 22.8 Å². The van der Waals surface area contributed by atoms with E-state index in [1.54, 1.807) is 62.5 Å². The maximum atomic E-state index is 12.0. The quantitative estimate of drug-likeness (QED) is 0.346. The first kappa shape index (κ1) is 21.3. The lowest BCUT2D eigenvalue weighted by Gasteiger charge is -2.44. The molecular formula is C21H20N4O4S. The van der Waals surface area contributed by atoms with Gasteiger partial charge in [0.2, 0.25) is 6.19 Å². The van der Waals surface area contributed by atoms with Crippen molar-refractivity contribution in [3.63, 3.8) is 0 Å². The molecule has 0 unspecified atom stereocenters. The van der Waals surface area contributed by atoms with E-state index < -0.39 is 27.9 Å². The number of nitriles is 2. The molecule has 0 aliphatic carbocycles. The van der Waals surface area contributed by atoms with Crippen LogP contribution in [-0.2, 0) is 14.3 Å². The third kappa shape index (κ3) is 4.60. The normalized spacial score (nSPS) is 20.2. The summed E-state index contributed by atoms with van der Waals surface area (Å²) in [4.78, 5) is 3.88. The van der Waals surface area contributed by atoms with Gasteiger partial charge in [0.25, 0.3) is 10.1 Å². The molecule has 0 fully saturated rings. The first-order valence-electron chi connectivity index (χ1n) is 9.04. The third-order valence-electron chi connectivity index (χ3n) is 4.61. The molecule has 2 aromatic rings. The maximum Gasteiger partial charge on any atom is 0.264 e. The van der Waals surface area contributed by atoms with Crippen molar-refractivity contribution >= 4 is 16.0 Å². The van der Waals surface area contributed by atoms with Crippen LogP contribution in [0.1, 0.15) is 36.6 Å². The van der Waals surface area contributed by atoms with Crippen LogP contribution < -0.4 is 10.1 Å². The van der Waals surface area contributed by atoms with Crippen molar-refractivity contribution in [2.45, 2.75) is 31.6 Å². The van der Waals surface area contributed by atoms with Crippen LogP contribution in [-0.4, -0.2) is 32.2 Å². The van der Waals surface area contributed by atoms with E-state index in [1.807, 2.05) is 6.07 Å². The summed E-state index contributed by atoms with van der Waals surface area (Å²) in [6, 6.07) is 15.1. The average Bonchev–Trinajstić information content (AvgIpc) is 2.69. The molecule has 1 aliphatic heterocycles. The van der Waals surface area contributed by atoms with Gasteiger partial charge in [-0.2, -0.15) is 23.9 Å². The van der Waals surface area contributed by atoms with Crippen molar-refractivity contribution in [1.29, 1.82) is 10.5 Å². The monoisotopic (exact) mass is 424 g/mol. The van der Waals surface area contributed by atoms with Gasteiger partial charge >= 0.3 is 0 Å². The van der Waals surface area contributed by atoms with Gasteiger partial charge in [-0.25, -0.2) is 0 Å². The molecule has 0 bridgehead atoms. The Hall–Kier alpha value is -3.40. The minimum atomic E-state index is -3.85. The van der Waals surface area contributed by atoms with E-state index >= 15 is 0 Å². The molecule has 0 saturated carbocycles. The van der Waals surface area contributed by atoms with Gasteiger partial charge < -0.3 is 10.1 Å². The number of ether oxygens (including phenoxy) is 1. The van der Waals surface area contributed by atoms with Crippen LogP contribution in [0.15, 0.2) is 53.5 Å². The molecule has 0 saturated heterocycles. The number of rotatable bonds is 4. The summed E-state index contributed by atoms with van der Waals surface area (Å²) in [6.45, 7) is 3.42. The van der Waals surface area contributed by atoms with Crippen LogP contribution >= 0.6 is 0 Å². The molecule has 1 aliphatic rings. The van der Waals surface area contributed by atoms with Gasteiger partial charge in [-0.05, 0) is 32.0 Å². The molecular weight excluding hydrogens is 404 g/mol. The van der Waals surface area contributed by atoms with E-state index in [4.69, 9.17) is 8.92 Å². The third-order valence-corrected chi connectivity index (χ3v) is 5.17. The highest BCUT2D eigenvalue weighted by molar-refractivity contribution is 7.86. The second kappa shape index (κ2) is 8.15. The fourth-order valence-electron chi connectivity index (χ4n) is 3.35. The smallest absolute Gasteiger partial charge is 0.264 e. The molecule has 154 valence electrons. The Morgan fingerprint density at radius 3 is 2.50 bits per heavy atom. The first-order valence-corrected chi connectivity index (χ1v) is 10.9. The number of amidine groups is 1. The van der Waals surface area contributed by atoms with Crippen molar-refractivity contribution in [2.75, 3.05) is 6.26 Å². The van der Waals surface area contributed by atoms with Gasteiger partial charge in [0.05, 0.1) is 23.9 Å². The Morgan fingerprint density at radius 1 is 1.20 bits per heavy atom. The van der Waals surface area contributed by atoms with Gasteiger partial charge in [0, 0.05) is 11.1 Å². The molecule has 2 atom stereocenters. The van der Waals surface area contributed by atoms with E-state index in [-0.39, 0.29) is 5.84 Å². The van der Waals surface area contributed by atoms with Gasteiger partial charge in [-0.15, -0.1) is 0 Å². The van der Waals surface area contributed by atoms with Crippen LogP contribution in [0.25, 0.3) is 0 Å². The van der Waals surface area contributed by atoms with E-state index in [0.717, 1.165) is 6.26 Å². The number of hydrogen-bond acceptors (Lipinski definition) is 7. The molecule has 0 amide bonds. The Balaban J connectivity index is 2.16. The largest absolute Gasteiger partial charge is 0.485 e. The van der Waals surface area contributed by atoms with Gasteiger partial charge in [0.1, 0.15) is 23.3 Å². The van der Waals surface area contributed by atoms with Crippen molar-refractivity contribution in [2.24, 2.45) is 4.99 Å². The summed E-state index contributed by atoms with van der Waals surface area (Å²) in [6.07, 6.45) is 1.73. The number of nitrogens with zero attached hydrogens (tertiary/aromatic N) is 3. The summed E-state index contributed by atoms with van der Waals surface area (Å²) < 4.78 is 35.4. The van der Waals surface area contributed by atoms with Crippen molar-refractivity contribution in [1.82, 2.24) is 5.32 Å². The van der Waals surface area contributed by atoms with Crippen molar-refractivity contribution < 1.29 is 17.3 Å². The van der Waals surface area contributed by atoms with Gasteiger partial charge in [-0.1, -0.05) is 30.3 Å². The number of nitrogens with one attached hydrogen (secondary N) is 1. The number of benzene rings is 2. The maximum absolute atomic E-state index is 12.0. The Labute approximate surface area is 175 Å². The van der Waals surface area contributed by atoms with Crippen LogP contribution in [0.2, 0.25) is 0 Å². The van der Waals surface area contributed by atoms with E-state index in [0.29, 0.717) is 22.4 Å². The zero-order valence-corrected chi connectivity index (χ0v) is 17.5. The number of hydrogen-bond donors (Lipinski definition) is 1. The predicted molar refractivity (Wildman–Crippen MR) is 110 cm³/mol. The summed E-state index contributed by atoms with van der Waals surface area (Å²) in [5.41, 5.74) is 0.500. The average molecular weight is 424 g/mol. The molecule has 3 rings (SSSR count). The van der Waals surface area contributed by atoms with E-state index in [9.17, 15) is 18.9 Å². The van der Waals surface area contributed by atoms with Gasteiger partial charge in [-0.3, -0.25) is 4.18 Å². The van der Waals surface area contributed by atoms with E-state index in [2.05, 4.69) is 16.4 Å². The standard InChI is InChI=1S/C21H20N4O4S/c1-21(2)19(29-30(3,26)27)18(16-11-14(12-22)9-10-17(16)28-21)25-20(24-13-23)15-7-5-4-6-8-15/h4-11,18-19H,1-3H3,(H,24,25)/t18-,19+/m0/s1. The number of aliphatic imine (C=N–C) groups is 1. The highest BCUT2D eigenvalue weighted by atomic mass is 32.2. The summed E-state index contributed by atoms with van der Waals surface area (Å²) in [5, 5.41) is 21.7. The number of fused-ring (bicyclic) bond motifs is 1. The molecule has 9 heteroatoms. The fraction of sp³-hybridized carbons (Fsp3) is 0.286. The summed E-state index contributed by atoms with van der Waals surface area (Å²) in [5.74, 6) is 0.727. The molecule has 8 nitrogen and oxygen atoms in total. The molecule has 0 spiro atoms. The SMILES string of the molecule is CC1(C)Oc2ccc(C#N)cc2[C@H](N/C(=N/C#N)c2ccccc2)[C@H]1OS(C)(=O)=O. The summed E-state index contributed by atoms with van der Waals surface area (Å²) in [7, 11) is -3.85. The van der Waals surface area contributed by atoms with Gasteiger partial charge in [0.15, 0.2) is 0 Å². The topological polar surface area (TPSA) is 125 Å². The molecule has 30 heavy (non-hydrogen) atoms. The lowest BCUT2D eigenvalue weighted by molar-refractivity contribution is -0.0430. The van der Waals surface area contributed by atoms with Crippen LogP contribution in [0.5, 0.6) is 5.75 Å². The Bertz CT molecular complexity index is 1160. The highest BCUT2D eigenvalue weighted by Crippen LogP contribution is 2.42. The Morgan fingerprint density at radius 2 is 1.90 bits per heavy atom. The van der Waals surface area contributed by atoms with Crippen molar-refractivity contribution in [3.05, 3.63) is 65.2 Å². The lowest BCUT2D eigenvalue weighted by Crippen LogP contribution is -2.55.